The third-order valence-electron chi connectivity index (χ3n) is 6.78. The van der Waals surface area contributed by atoms with E-state index in [2.05, 4.69) is 65.3 Å². The van der Waals surface area contributed by atoms with Gasteiger partial charge < -0.3 is 14.4 Å². The summed E-state index contributed by atoms with van der Waals surface area (Å²) in [4.78, 5) is 4.49. The summed E-state index contributed by atoms with van der Waals surface area (Å²) < 4.78 is 25.2. The average Bonchev–Trinajstić information content (AvgIpc) is 2.89. The van der Waals surface area contributed by atoms with Crippen molar-refractivity contribution in [3.05, 3.63) is 125 Å². The molecule has 0 radical (unpaired) electrons. The van der Waals surface area contributed by atoms with Crippen LogP contribution in [0.2, 0.25) is 0 Å². The predicted octanol–water partition coefficient (Wildman–Crippen LogP) is 6.39. The van der Waals surface area contributed by atoms with Crippen molar-refractivity contribution < 1.29 is 8.76 Å². The molecule has 36 heavy (non-hydrogen) atoms. The van der Waals surface area contributed by atoms with Crippen molar-refractivity contribution in [1.82, 2.24) is 0 Å². The largest absolute Gasteiger partial charge is 0.768 e. The van der Waals surface area contributed by atoms with Crippen molar-refractivity contribution in [2.75, 3.05) is 38.0 Å². The van der Waals surface area contributed by atoms with Crippen LogP contribution in [-0.4, -0.2) is 37.0 Å². The molecule has 0 aliphatic carbocycles. The van der Waals surface area contributed by atoms with E-state index in [-0.39, 0.29) is 11.8 Å². The van der Waals surface area contributed by atoms with Crippen molar-refractivity contribution in [1.29, 1.82) is 0 Å². The van der Waals surface area contributed by atoms with Gasteiger partial charge in [0.15, 0.2) is 0 Å². The van der Waals surface area contributed by atoms with Crippen LogP contribution in [0.25, 0.3) is 0 Å². The molecular formula is C31H33N2O2S-. The normalized spacial score (nSPS) is 12.9. The fraction of sp³-hybridized carbons (Fsp3) is 0.226. The quantitative estimate of drug-likeness (QED) is 0.209. The Morgan fingerprint density at radius 1 is 0.639 bits per heavy atom. The van der Waals surface area contributed by atoms with E-state index in [1.54, 1.807) is 6.07 Å². The molecule has 2 atom stereocenters. The number of nitrogens with zero attached hydrogens (tertiary/aromatic N) is 2. The van der Waals surface area contributed by atoms with Gasteiger partial charge in [-0.3, -0.25) is 4.21 Å². The van der Waals surface area contributed by atoms with Crippen LogP contribution < -0.4 is 9.80 Å². The lowest BCUT2D eigenvalue weighted by atomic mass is 9.77. The van der Waals surface area contributed by atoms with E-state index in [9.17, 15) is 8.76 Å². The van der Waals surface area contributed by atoms with Gasteiger partial charge in [-0.1, -0.05) is 79.7 Å². The first-order chi connectivity index (χ1) is 17.3. The van der Waals surface area contributed by atoms with Gasteiger partial charge in [-0.15, -0.1) is 0 Å². The van der Waals surface area contributed by atoms with Crippen LogP contribution in [0.4, 0.5) is 11.4 Å². The van der Waals surface area contributed by atoms with Crippen molar-refractivity contribution in [2.45, 2.75) is 23.7 Å². The number of benzene rings is 4. The van der Waals surface area contributed by atoms with E-state index in [1.165, 1.54) is 0 Å². The first-order valence-corrected chi connectivity index (χ1v) is 13.2. The molecular weight excluding hydrogens is 464 g/mol. The van der Waals surface area contributed by atoms with Crippen LogP contribution in [0.1, 0.15) is 46.6 Å². The molecule has 4 aromatic carbocycles. The van der Waals surface area contributed by atoms with E-state index >= 15 is 0 Å². The zero-order chi connectivity index (χ0) is 25.8. The third-order valence-corrected chi connectivity index (χ3v) is 7.50. The lowest BCUT2D eigenvalue weighted by molar-refractivity contribution is 0.535. The summed E-state index contributed by atoms with van der Waals surface area (Å²) in [5.74, 6) is -0.272. The standard InChI is InChI=1S/C31H34N2O2S/c1-22(23-16-18-26(19-17-23)32(2)3)29-28(36(34)35)21-20-27(33(4)5)31(29)30(24-12-8-6-9-13-24)25-14-10-7-11-15-25/h6-22,30H,1-5H3,(H,34,35)/p-1. The van der Waals surface area contributed by atoms with Gasteiger partial charge in [0.25, 0.3) is 0 Å². The summed E-state index contributed by atoms with van der Waals surface area (Å²) >= 11 is -2.38. The molecule has 0 aliphatic rings. The fourth-order valence-corrected chi connectivity index (χ4v) is 5.58. The molecule has 0 aliphatic heterocycles. The molecule has 0 fully saturated rings. The van der Waals surface area contributed by atoms with Crippen LogP contribution in [-0.2, 0) is 11.1 Å². The third kappa shape index (κ3) is 5.23. The summed E-state index contributed by atoms with van der Waals surface area (Å²) in [6.07, 6.45) is 0. The maximum Gasteiger partial charge on any atom is 0.0407 e. The molecule has 0 spiro atoms. The van der Waals surface area contributed by atoms with Crippen LogP contribution in [0.15, 0.2) is 102 Å². The van der Waals surface area contributed by atoms with Crippen molar-refractivity contribution in [2.24, 2.45) is 0 Å². The van der Waals surface area contributed by atoms with Crippen molar-refractivity contribution in [3.8, 4) is 0 Å². The van der Waals surface area contributed by atoms with Crippen molar-refractivity contribution in [3.63, 3.8) is 0 Å². The number of anilines is 2. The average molecular weight is 498 g/mol. The van der Waals surface area contributed by atoms with Gasteiger partial charge >= 0.3 is 0 Å². The Morgan fingerprint density at radius 3 is 1.61 bits per heavy atom. The van der Waals surface area contributed by atoms with Gasteiger partial charge in [0.1, 0.15) is 0 Å². The smallest absolute Gasteiger partial charge is 0.0407 e. The van der Waals surface area contributed by atoms with E-state index in [0.29, 0.717) is 4.90 Å². The minimum absolute atomic E-state index is 0.133. The highest BCUT2D eigenvalue weighted by Crippen LogP contribution is 2.45. The molecule has 4 rings (SSSR count). The highest BCUT2D eigenvalue weighted by molar-refractivity contribution is 7.79. The van der Waals surface area contributed by atoms with Gasteiger partial charge in [-0.05, 0) is 63.2 Å². The number of rotatable bonds is 8. The second-order valence-electron chi connectivity index (χ2n) is 9.50. The van der Waals surface area contributed by atoms with Gasteiger partial charge in [-0.2, -0.15) is 0 Å². The zero-order valence-electron chi connectivity index (χ0n) is 21.5. The maximum absolute atomic E-state index is 12.6. The van der Waals surface area contributed by atoms with E-state index in [1.807, 2.05) is 70.7 Å². The number of hydrogen-bond acceptors (Lipinski definition) is 4. The molecule has 186 valence electrons. The molecule has 0 bridgehead atoms. The van der Waals surface area contributed by atoms with Gasteiger partial charge in [-0.25, -0.2) is 0 Å². The lowest BCUT2D eigenvalue weighted by Gasteiger charge is -2.32. The van der Waals surface area contributed by atoms with Crippen LogP contribution in [0, 0.1) is 0 Å². The zero-order valence-corrected chi connectivity index (χ0v) is 22.3. The molecule has 2 unspecified atom stereocenters. The lowest BCUT2D eigenvalue weighted by Crippen LogP contribution is -2.19. The molecule has 0 heterocycles. The molecule has 0 aromatic heterocycles. The summed E-state index contributed by atoms with van der Waals surface area (Å²) in [6.45, 7) is 2.10. The molecule has 5 heteroatoms. The predicted molar refractivity (Wildman–Crippen MR) is 150 cm³/mol. The fourth-order valence-electron chi connectivity index (χ4n) is 4.93. The highest BCUT2D eigenvalue weighted by atomic mass is 32.2. The maximum atomic E-state index is 12.6. The Kier molecular flexibility index (Phi) is 7.92. The Bertz CT molecular complexity index is 1280. The molecule has 4 nitrogen and oxygen atoms in total. The number of hydrogen-bond donors (Lipinski definition) is 0. The Labute approximate surface area is 217 Å². The second kappa shape index (κ2) is 11.1. The second-order valence-corrected chi connectivity index (χ2v) is 10.4. The molecule has 0 saturated heterocycles. The van der Waals surface area contributed by atoms with Gasteiger partial charge in [0, 0.05) is 56.3 Å². The van der Waals surface area contributed by atoms with E-state index in [0.717, 1.165) is 39.2 Å². The van der Waals surface area contributed by atoms with Crippen molar-refractivity contribution >= 4 is 22.5 Å². The molecule has 4 aromatic rings. The molecule has 0 N–H and O–H groups in total. The Morgan fingerprint density at radius 2 is 1.17 bits per heavy atom. The minimum Gasteiger partial charge on any atom is -0.768 e. The Balaban J connectivity index is 2.05. The summed E-state index contributed by atoms with van der Waals surface area (Å²) in [5.41, 5.74) is 7.28. The first kappa shape index (κ1) is 25.7. The molecule has 0 amide bonds. The minimum atomic E-state index is -2.38. The summed E-state index contributed by atoms with van der Waals surface area (Å²) in [5, 5.41) is 0. The highest BCUT2D eigenvalue weighted by Gasteiger charge is 2.29. The topological polar surface area (TPSA) is 46.6 Å². The van der Waals surface area contributed by atoms with Crippen LogP contribution in [0.5, 0.6) is 0 Å². The SMILES string of the molecule is CC(c1ccc(N(C)C)cc1)c1c(S(=O)[O-])ccc(N(C)C)c1C(c1ccccc1)c1ccccc1. The Hall–Kier alpha value is -3.41. The monoisotopic (exact) mass is 497 g/mol. The first-order valence-electron chi connectivity index (χ1n) is 12.1. The molecule has 0 saturated carbocycles. The van der Waals surface area contributed by atoms with E-state index < -0.39 is 11.1 Å². The van der Waals surface area contributed by atoms with Gasteiger partial charge in [0.05, 0.1) is 0 Å². The van der Waals surface area contributed by atoms with E-state index in [4.69, 9.17) is 0 Å². The van der Waals surface area contributed by atoms with Crippen LogP contribution >= 0.6 is 0 Å². The summed E-state index contributed by atoms with van der Waals surface area (Å²) in [6, 6.07) is 32.7. The summed E-state index contributed by atoms with van der Waals surface area (Å²) in [7, 11) is 8.06. The van der Waals surface area contributed by atoms with Crippen LogP contribution in [0.3, 0.4) is 0 Å². The van der Waals surface area contributed by atoms with Gasteiger partial charge in [0.2, 0.25) is 0 Å².